The summed E-state index contributed by atoms with van der Waals surface area (Å²) in [7, 11) is -3.51. The molecule has 1 aromatic carbocycles. The number of carbonyl (C=O) groups is 1. The zero-order valence-electron chi connectivity index (χ0n) is 23.1. The van der Waals surface area contributed by atoms with Crippen LogP contribution in [0.1, 0.15) is 39.0 Å². The smallest absolute Gasteiger partial charge is 0.278 e. The molecule has 3 heterocycles. The molecular weight excluding hydrogens is 573 g/mol. The van der Waals surface area contributed by atoms with Crippen molar-refractivity contribution >= 4 is 35.6 Å². The van der Waals surface area contributed by atoms with Crippen molar-refractivity contribution < 1.29 is 33.9 Å². The molecule has 0 amide bonds. The zero-order valence-corrected chi connectivity index (χ0v) is 24.8. The Morgan fingerprint density at radius 3 is 2.76 bits per heavy atom. The van der Waals surface area contributed by atoms with E-state index in [1.807, 2.05) is 30.3 Å². The number of hydrogen-bond acceptors (Lipinski definition) is 11. The Kier molecular flexibility index (Phi) is 9.87. The molecule has 0 aliphatic carbocycles. The van der Waals surface area contributed by atoms with Gasteiger partial charge in [-0.25, -0.2) is 15.1 Å². The molecule has 5 N–H and O–H groups in total. The lowest BCUT2D eigenvalue weighted by atomic mass is 9.95. The van der Waals surface area contributed by atoms with Gasteiger partial charge in [0.05, 0.1) is 37.4 Å². The van der Waals surface area contributed by atoms with Gasteiger partial charge < -0.3 is 29.6 Å². The molecule has 0 spiro atoms. The number of aliphatic hydroxyl groups excluding tert-OH is 2. The predicted molar refractivity (Wildman–Crippen MR) is 153 cm³/mol. The maximum absolute atomic E-state index is 13.9. The van der Waals surface area contributed by atoms with Crippen molar-refractivity contribution in [2.45, 2.75) is 57.8 Å². The second kappa shape index (κ2) is 12.8. The monoisotopic (exact) mass is 609 g/mol. The maximum Gasteiger partial charge on any atom is 0.278 e. The average Bonchev–Trinajstić information content (AvgIpc) is 3.48. The van der Waals surface area contributed by atoms with Crippen LogP contribution in [0.5, 0.6) is 0 Å². The van der Waals surface area contributed by atoms with E-state index in [0.717, 1.165) is 17.3 Å². The van der Waals surface area contributed by atoms with Gasteiger partial charge in [0, 0.05) is 18.5 Å². The van der Waals surface area contributed by atoms with E-state index in [2.05, 4.69) is 20.0 Å². The Balaban J connectivity index is 1.45. The molecule has 3 aromatic rings. The minimum atomic E-state index is -3.51. The van der Waals surface area contributed by atoms with Gasteiger partial charge in [0.2, 0.25) is 0 Å². The van der Waals surface area contributed by atoms with Crippen LogP contribution in [-0.2, 0) is 25.2 Å². The molecule has 15 heteroatoms. The van der Waals surface area contributed by atoms with Gasteiger partial charge >= 0.3 is 0 Å². The Labute approximate surface area is 241 Å². The summed E-state index contributed by atoms with van der Waals surface area (Å²) in [5, 5.41) is 34.4. The number of nitrogens with one attached hydrogen (secondary N) is 2. The molecule has 5 atom stereocenters. The molecule has 2 aromatic heterocycles. The molecule has 224 valence electrons. The van der Waals surface area contributed by atoms with Gasteiger partial charge in [-0.1, -0.05) is 42.1 Å². The molecular formula is C26H36N5O8PS. The summed E-state index contributed by atoms with van der Waals surface area (Å²) in [5.74, 6) is 0.235. The molecule has 1 aliphatic rings. The van der Waals surface area contributed by atoms with Crippen molar-refractivity contribution in [1.82, 2.24) is 24.6 Å². The van der Waals surface area contributed by atoms with Crippen molar-refractivity contribution in [2.24, 2.45) is 5.41 Å². The molecule has 0 radical (unpaired) electrons. The minimum Gasteiger partial charge on any atom is -0.395 e. The number of ether oxygens (including phenoxy) is 1. The van der Waals surface area contributed by atoms with E-state index >= 15 is 0 Å². The highest BCUT2D eigenvalue weighted by Crippen LogP contribution is 2.47. The van der Waals surface area contributed by atoms with Gasteiger partial charge in [-0.2, -0.15) is 0 Å². The number of nitrogens with zero attached hydrogens (tertiary/aromatic N) is 3. The largest absolute Gasteiger partial charge is 0.395 e. The molecule has 0 bridgehead atoms. The number of aromatic amines is 1. The molecule has 41 heavy (non-hydrogen) atoms. The number of benzene rings is 1. The van der Waals surface area contributed by atoms with Crippen molar-refractivity contribution in [3.8, 4) is 0 Å². The summed E-state index contributed by atoms with van der Waals surface area (Å²) in [6, 6.07) is 9.35. The van der Waals surface area contributed by atoms with E-state index in [0.29, 0.717) is 0 Å². The highest BCUT2D eigenvalue weighted by atomic mass is 32.2. The lowest BCUT2D eigenvalue weighted by molar-refractivity contribution is -0.119. The van der Waals surface area contributed by atoms with Crippen LogP contribution in [-0.4, -0.2) is 82.9 Å². The van der Waals surface area contributed by atoms with Crippen molar-refractivity contribution in [1.29, 1.82) is 0 Å². The molecule has 1 aliphatic heterocycles. The van der Waals surface area contributed by atoms with Crippen LogP contribution in [0.4, 0.5) is 0 Å². The number of carbonyl (C=O) groups excluding carboxylic acids is 1. The standard InChI is InChI=1S/C26H36N5O8PS/c1-25(2,14-32)24(35)41-12-10-38-40(37,30-13-17-7-5-4-6-8-17)11-9-18-20(33)26(3,36)23(39-18)31-16-29-19-21(31)27-15-28-22(19)34/h4-8,15-16,18,20,23,32-33,36H,9-14H2,1-3H3,(H,30,37)(H,27,28,34)/t18-,20-,23-,26-,40?/m1/s1. The summed E-state index contributed by atoms with van der Waals surface area (Å²) in [6.07, 6.45) is -0.840. The molecule has 1 saturated heterocycles. The number of H-pyrrole nitrogens is 1. The molecule has 1 unspecified atom stereocenters. The topological polar surface area (TPSA) is 189 Å². The highest BCUT2D eigenvalue weighted by molar-refractivity contribution is 8.13. The quantitative estimate of drug-likeness (QED) is 0.140. The summed E-state index contributed by atoms with van der Waals surface area (Å²) in [4.78, 5) is 35.0. The van der Waals surface area contributed by atoms with Crippen LogP contribution in [0.3, 0.4) is 0 Å². The molecule has 13 nitrogen and oxygen atoms in total. The van der Waals surface area contributed by atoms with E-state index in [1.54, 1.807) is 13.8 Å². The number of aromatic nitrogens is 4. The fourth-order valence-corrected chi connectivity index (χ4v) is 7.09. The van der Waals surface area contributed by atoms with Gasteiger partial charge in [0.1, 0.15) is 11.7 Å². The van der Waals surface area contributed by atoms with E-state index < -0.39 is 42.5 Å². The number of hydrogen-bond donors (Lipinski definition) is 5. The third kappa shape index (κ3) is 7.15. The number of thioether (sulfide) groups is 1. The summed E-state index contributed by atoms with van der Waals surface area (Å²) in [6.45, 7) is 4.68. The highest BCUT2D eigenvalue weighted by Gasteiger charge is 2.53. The van der Waals surface area contributed by atoms with Crippen molar-refractivity contribution in [3.63, 3.8) is 0 Å². The second-order valence-corrected chi connectivity index (χ2v) is 14.2. The van der Waals surface area contributed by atoms with Gasteiger partial charge in [0.15, 0.2) is 22.5 Å². The first-order valence-electron chi connectivity index (χ1n) is 13.1. The van der Waals surface area contributed by atoms with Crippen LogP contribution < -0.4 is 10.6 Å². The Morgan fingerprint density at radius 2 is 2.05 bits per heavy atom. The first-order valence-corrected chi connectivity index (χ1v) is 15.9. The Hall–Kier alpha value is -2.42. The maximum atomic E-state index is 13.9. The van der Waals surface area contributed by atoms with Crippen LogP contribution in [0.15, 0.2) is 47.8 Å². The number of imidazole rings is 1. The lowest BCUT2D eigenvalue weighted by Crippen LogP contribution is -2.43. The number of rotatable bonds is 13. The average molecular weight is 610 g/mol. The first kappa shape index (κ1) is 31.5. The van der Waals surface area contributed by atoms with Crippen LogP contribution in [0.2, 0.25) is 0 Å². The summed E-state index contributed by atoms with van der Waals surface area (Å²) < 4.78 is 27.1. The van der Waals surface area contributed by atoms with Gasteiger partial charge in [-0.3, -0.25) is 18.7 Å². The normalized spacial score (nSPS) is 24.5. The summed E-state index contributed by atoms with van der Waals surface area (Å²) >= 11 is 0.998. The van der Waals surface area contributed by atoms with Gasteiger partial charge in [0.25, 0.3) is 13.1 Å². The second-order valence-electron chi connectivity index (χ2n) is 10.8. The Bertz CT molecular complexity index is 1450. The predicted octanol–water partition coefficient (Wildman–Crippen LogP) is 1.80. The van der Waals surface area contributed by atoms with Gasteiger partial charge in [-0.05, 0) is 32.8 Å². The SMILES string of the molecule is CC(C)(CO)C(=O)SCCOP(=O)(CC[C@H]1O[C@@H](n2cnc3c(=O)[nH]cnc32)[C@](C)(O)[C@@H]1O)NCc1ccccc1. The third-order valence-electron chi connectivity index (χ3n) is 7.01. The van der Waals surface area contributed by atoms with Crippen LogP contribution >= 0.6 is 19.3 Å². The fourth-order valence-electron chi connectivity index (χ4n) is 4.38. The van der Waals surface area contributed by atoms with Gasteiger partial charge in [-0.15, -0.1) is 0 Å². The van der Waals surface area contributed by atoms with Crippen molar-refractivity contribution in [3.05, 3.63) is 58.9 Å². The van der Waals surface area contributed by atoms with E-state index in [1.165, 1.54) is 24.1 Å². The lowest BCUT2D eigenvalue weighted by Gasteiger charge is -2.27. The van der Waals surface area contributed by atoms with Crippen LogP contribution in [0.25, 0.3) is 11.2 Å². The molecule has 0 saturated carbocycles. The Morgan fingerprint density at radius 1 is 1.32 bits per heavy atom. The van der Waals surface area contributed by atoms with Crippen molar-refractivity contribution in [2.75, 3.05) is 25.1 Å². The van der Waals surface area contributed by atoms with E-state index in [-0.39, 0.29) is 54.4 Å². The fraction of sp³-hybridized carbons (Fsp3) is 0.538. The first-order chi connectivity index (χ1) is 19.4. The van der Waals surface area contributed by atoms with E-state index in [4.69, 9.17) is 9.26 Å². The third-order valence-corrected chi connectivity index (χ3v) is 10.3. The van der Waals surface area contributed by atoms with Crippen LogP contribution in [0, 0.1) is 5.41 Å². The molecule has 1 fully saturated rings. The van der Waals surface area contributed by atoms with E-state index in [9.17, 15) is 29.5 Å². The summed E-state index contributed by atoms with van der Waals surface area (Å²) in [5.41, 5.74) is -1.99. The number of aliphatic hydroxyl groups is 3. The molecule has 4 rings (SSSR count). The number of fused-ring (bicyclic) bond motifs is 1. The minimum absolute atomic E-state index is 0.00659. The zero-order chi connectivity index (χ0) is 29.8.